The molecule has 1 unspecified atom stereocenters. The highest BCUT2D eigenvalue weighted by atomic mass is 16.6. The standard InChI is InChI=1S/C18H32O4/c1-4-6-7-8-9-10-11-12-13-14-18(20)21-15-16(3)22-17(19)5-2/h5,16H,2,4,6-15H2,1,3H3. The summed E-state index contributed by atoms with van der Waals surface area (Å²) in [6.45, 7) is 7.33. The highest BCUT2D eigenvalue weighted by molar-refractivity contribution is 5.81. The third kappa shape index (κ3) is 13.7. The van der Waals surface area contributed by atoms with E-state index in [-0.39, 0.29) is 12.6 Å². The molecule has 0 saturated carbocycles. The van der Waals surface area contributed by atoms with Crippen LogP contribution in [-0.4, -0.2) is 24.6 Å². The fourth-order valence-electron chi connectivity index (χ4n) is 2.14. The zero-order valence-corrected chi connectivity index (χ0v) is 14.3. The lowest BCUT2D eigenvalue weighted by atomic mass is 10.1. The molecule has 0 aliphatic rings. The molecule has 0 heterocycles. The van der Waals surface area contributed by atoms with Gasteiger partial charge in [0, 0.05) is 12.5 Å². The van der Waals surface area contributed by atoms with E-state index in [9.17, 15) is 9.59 Å². The maximum atomic E-state index is 11.5. The molecule has 1 atom stereocenters. The normalized spacial score (nSPS) is 11.7. The van der Waals surface area contributed by atoms with Crippen molar-refractivity contribution < 1.29 is 19.1 Å². The lowest BCUT2D eigenvalue weighted by molar-refractivity contribution is -0.154. The van der Waals surface area contributed by atoms with Crippen LogP contribution in [0.5, 0.6) is 0 Å². The van der Waals surface area contributed by atoms with Gasteiger partial charge in [0.2, 0.25) is 0 Å². The highest BCUT2D eigenvalue weighted by Crippen LogP contribution is 2.10. The average Bonchev–Trinajstić information content (AvgIpc) is 2.51. The van der Waals surface area contributed by atoms with Gasteiger partial charge in [-0.3, -0.25) is 4.79 Å². The van der Waals surface area contributed by atoms with E-state index >= 15 is 0 Å². The average molecular weight is 312 g/mol. The van der Waals surface area contributed by atoms with Gasteiger partial charge in [-0.15, -0.1) is 0 Å². The third-order valence-electron chi connectivity index (χ3n) is 3.45. The third-order valence-corrected chi connectivity index (χ3v) is 3.45. The molecule has 0 N–H and O–H groups in total. The molecule has 0 aliphatic heterocycles. The van der Waals surface area contributed by atoms with E-state index in [1.807, 2.05) is 0 Å². The number of ether oxygens (including phenoxy) is 2. The van der Waals surface area contributed by atoms with Crippen molar-refractivity contribution in [3.8, 4) is 0 Å². The van der Waals surface area contributed by atoms with Crippen LogP contribution in [0.4, 0.5) is 0 Å². The van der Waals surface area contributed by atoms with E-state index in [0.717, 1.165) is 18.9 Å². The van der Waals surface area contributed by atoms with Gasteiger partial charge in [-0.05, 0) is 13.3 Å². The smallest absolute Gasteiger partial charge is 0.330 e. The van der Waals surface area contributed by atoms with Crippen molar-refractivity contribution in [2.75, 3.05) is 6.61 Å². The molecule has 0 saturated heterocycles. The molecule has 0 aliphatic carbocycles. The number of unbranched alkanes of at least 4 members (excludes halogenated alkanes) is 8. The van der Waals surface area contributed by atoms with Crippen LogP contribution in [0.2, 0.25) is 0 Å². The zero-order valence-electron chi connectivity index (χ0n) is 14.3. The van der Waals surface area contributed by atoms with Gasteiger partial charge in [0.05, 0.1) is 0 Å². The fourth-order valence-corrected chi connectivity index (χ4v) is 2.14. The minimum atomic E-state index is -0.498. The summed E-state index contributed by atoms with van der Waals surface area (Å²) < 4.78 is 9.98. The Morgan fingerprint density at radius 3 is 2.09 bits per heavy atom. The molecule has 0 aromatic rings. The molecular weight excluding hydrogens is 280 g/mol. The molecule has 128 valence electrons. The van der Waals surface area contributed by atoms with Gasteiger partial charge in [-0.1, -0.05) is 64.9 Å². The first kappa shape index (κ1) is 20.7. The van der Waals surface area contributed by atoms with Crippen LogP contribution in [0.1, 0.15) is 78.1 Å². The van der Waals surface area contributed by atoms with Crippen LogP contribution in [0.15, 0.2) is 12.7 Å². The van der Waals surface area contributed by atoms with E-state index in [1.165, 1.54) is 44.9 Å². The first-order valence-corrected chi connectivity index (χ1v) is 8.58. The van der Waals surface area contributed by atoms with Crippen molar-refractivity contribution in [3.05, 3.63) is 12.7 Å². The summed E-state index contributed by atoms with van der Waals surface area (Å²) >= 11 is 0. The van der Waals surface area contributed by atoms with Crippen molar-refractivity contribution in [3.63, 3.8) is 0 Å². The second-order valence-corrected chi connectivity index (χ2v) is 5.71. The second kappa shape index (κ2) is 14.6. The monoisotopic (exact) mass is 312 g/mol. The minimum absolute atomic E-state index is 0.107. The molecule has 0 spiro atoms. The molecule has 4 nitrogen and oxygen atoms in total. The lowest BCUT2D eigenvalue weighted by Gasteiger charge is -2.12. The summed E-state index contributed by atoms with van der Waals surface area (Å²) in [5, 5.41) is 0. The summed E-state index contributed by atoms with van der Waals surface area (Å²) in [6, 6.07) is 0. The van der Waals surface area contributed by atoms with Crippen molar-refractivity contribution >= 4 is 11.9 Å². The van der Waals surface area contributed by atoms with Gasteiger partial charge in [0.1, 0.15) is 12.7 Å². The van der Waals surface area contributed by atoms with E-state index in [0.29, 0.717) is 6.42 Å². The maximum absolute atomic E-state index is 11.5. The van der Waals surface area contributed by atoms with Gasteiger partial charge in [-0.25, -0.2) is 4.79 Å². The van der Waals surface area contributed by atoms with Gasteiger partial charge < -0.3 is 9.47 Å². The number of rotatable bonds is 14. The molecule has 0 radical (unpaired) electrons. The molecule has 22 heavy (non-hydrogen) atoms. The predicted octanol–water partition coefficient (Wildman–Crippen LogP) is 4.57. The topological polar surface area (TPSA) is 52.6 Å². The van der Waals surface area contributed by atoms with Gasteiger partial charge in [-0.2, -0.15) is 0 Å². The Balaban J connectivity index is 3.39. The van der Waals surface area contributed by atoms with Crippen LogP contribution < -0.4 is 0 Å². The molecule has 0 fully saturated rings. The molecule has 0 rings (SSSR count). The molecule has 4 heteroatoms. The number of carbonyl (C=O) groups is 2. The molecule has 0 aromatic heterocycles. The Morgan fingerprint density at radius 1 is 1.00 bits per heavy atom. The SMILES string of the molecule is C=CC(=O)OC(C)COC(=O)CCCCCCCCCCC. The van der Waals surface area contributed by atoms with Crippen molar-refractivity contribution in [1.82, 2.24) is 0 Å². The summed E-state index contributed by atoms with van der Waals surface area (Å²) in [6.07, 6.45) is 12.1. The number of hydrogen-bond donors (Lipinski definition) is 0. The zero-order chi connectivity index (χ0) is 16.6. The number of esters is 2. The van der Waals surface area contributed by atoms with Crippen LogP contribution >= 0.6 is 0 Å². The highest BCUT2D eigenvalue weighted by Gasteiger charge is 2.10. The van der Waals surface area contributed by atoms with E-state index in [2.05, 4.69) is 13.5 Å². The minimum Gasteiger partial charge on any atom is -0.462 e. The molecule has 0 bridgehead atoms. The Hall–Kier alpha value is -1.32. The number of hydrogen-bond acceptors (Lipinski definition) is 4. The lowest BCUT2D eigenvalue weighted by Crippen LogP contribution is -2.21. The first-order chi connectivity index (χ1) is 10.6. The molecular formula is C18H32O4. The van der Waals surface area contributed by atoms with Crippen molar-refractivity contribution in [2.45, 2.75) is 84.2 Å². The second-order valence-electron chi connectivity index (χ2n) is 5.71. The van der Waals surface area contributed by atoms with E-state index in [1.54, 1.807) is 6.92 Å². The van der Waals surface area contributed by atoms with Gasteiger partial charge in [0.25, 0.3) is 0 Å². The summed E-state index contributed by atoms with van der Waals surface area (Å²) in [7, 11) is 0. The molecule has 0 amide bonds. The summed E-state index contributed by atoms with van der Waals surface area (Å²) in [5.41, 5.74) is 0. The Kier molecular flexibility index (Phi) is 13.7. The Morgan fingerprint density at radius 2 is 1.55 bits per heavy atom. The van der Waals surface area contributed by atoms with Gasteiger partial charge in [0.15, 0.2) is 0 Å². The van der Waals surface area contributed by atoms with E-state index < -0.39 is 12.1 Å². The first-order valence-electron chi connectivity index (χ1n) is 8.58. The fraction of sp³-hybridized carbons (Fsp3) is 0.778. The van der Waals surface area contributed by atoms with Gasteiger partial charge >= 0.3 is 11.9 Å². The van der Waals surface area contributed by atoms with E-state index in [4.69, 9.17) is 9.47 Å². The number of carbonyl (C=O) groups excluding carboxylic acids is 2. The maximum Gasteiger partial charge on any atom is 0.330 e. The molecule has 0 aromatic carbocycles. The quantitative estimate of drug-likeness (QED) is 0.268. The predicted molar refractivity (Wildman–Crippen MR) is 88.6 cm³/mol. The van der Waals surface area contributed by atoms with Crippen LogP contribution in [0.25, 0.3) is 0 Å². The van der Waals surface area contributed by atoms with Crippen LogP contribution in [0, 0.1) is 0 Å². The van der Waals surface area contributed by atoms with Crippen molar-refractivity contribution in [1.29, 1.82) is 0 Å². The van der Waals surface area contributed by atoms with Crippen molar-refractivity contribution in [2.24, 2.45) is 0 Å². The van der Waals surface area contributed by atoms with Crippen LogP contribution in [-0.2, 0) is 19.1 Å². The Labute approximate surface area is 135 Å². The Bertz CT molecular complexity index is 312. The van der Waals surface area contributed by atoms with Crippen LogP contribution in [0.3, 0.4) is 0 Å². The largest absolute Gasteiger partial charge is 0.462 e. The summed E-state index contributed by atoms with van der Waals surface area (Å²) in [5.74, 6) is -0.716. The summed E-state index contributed by atoms with van der Waals surface area (Å²) in [4.78, 5) is 22.5.